The molecule has 1 unspecified atom stereocenters. The van der Waals surface area contributed by atoms with Gasteiger partial charge in [-0.2, -0.15) is 0 Å². The Balaban J connectivity index is 2.64. The van der Waals surface area contributed by atoms with Gasteiger partial charge in [0.05, 0.1) is 6.04 Å². The Morgan fingerprint density at radius 1 is 1.50 bits per heavy atom. The fourth-order valence-electron chi connectivity index (χ4n) is 1.71. The molecule has 1 aromatic heterocycles. The number of aliphatic carboxylic acids is 1. The van der Waals surface area contributed by atoms with Gasteiger partial charge in [0.2, 0.25) is 0 Å². The molecule has 7 heteroatoms. The van der Waals surface area contributed by atoms with Gasteiger partial charge in [0.1, 0.15) is 11.6 Å². The Labute approximate surface area is 122 Å². The Kier molecular flexibility index (Phi) is 6.44. The molecule has 0 aliphatic rings. The van der Waals surface area contributed by atoms with Crippen molar-refractivity contribution in [3.63, 3.8) is 0 Å². The number of nitrogens with zero attached hydrogens (tertiary/aromatic N) is 2. The third-order valence-corrected chi connectivity index (χ3v) is 4.06. The van der Waals surface area contributed by atoms with E-state index in [0.717, 1.165) is 16.3 Å². The van der Waals surface area contributed by atoms with Crippen LogP contribution in [0.4, 0.5) is 4.79 Å². The first kappa shape index (κ1) is 16.4. The van der Waals surface area contributed by atoms with E-state index in [1.807, 2.05) is 20.0 Å². The van der Waals surface area contributed by atoms with Crippen LogP contribution in [0.3, 0.4) is 0 Å². The maximum atomic E-state index is 12.1. The first-order valence-corrected chi connectivity index (χ1v) is 7.51. The van der Waals surface area contributed by atoms with Crippen molar-refractivity contribution in [2.45, 2.75) is 39.7 Å². The van der Waals surface area contributed by atoms with Crippen molar-refractivity contribution < 1.29 is 14.7 Å². The van der Waals surface area contributed by atoms with Gasteiger partial charge in [-0.25, -0.2) is 9.78 Å². The number of thiazole rings is 1. The summed E-state index contributed by atoms with van der Waals surface area (Å²) in [6, 6.07) is -0.587. The first-order chi connectivity index (χ1) is 9.47. The van der Waals surface area contributed by atoms with E-state index in [4.69, 9.17) is 5.11 Å². The smallest absolute Gasteiger partial charge is 0.323 e. The number of aromatic nitrogens is 1. The highest BCUT2D eigenvalue weighted by atomic mass is 32.1. The van der Waals surface area contributed by atoms with E-state index in [1.165, 1.54) is 4.90 Å². The van der Waals surface area contributed by atoms with Gasteiger partial charge in [0.15, 0.2) is 0 Å². The van der Waals surface area contributed by atoms with Crippen LogP contribution in [0.15, 0.2) is 6.20 Å². The Morgan fingerprint density at radius 2 is 2.20 bits per heavy atom. The van der Waals surface area contributed by atoms with Gasteiger partial charge in [0, 0.05) is 17.6 Å². The van der Waals surface area contributed by atoms with Crippen molar-refractivity contribution in [1.82, 2.24) is 15.2 Å². The van der Waals surface area contributed by atoms with E-state index >= 15 is 0 Å². The van der Waals surface area contributed by atoms with Crippen molar-refractivity contribution in [1.29, 1.82) is 0 Å². The van der Waals surface area contributed by atoms with E-state index in [1.54, 1.807) is 11.3 Å². The lowest BCUT2D eigenvalue weighted by molar-refractivity contribution is -0.137. The molecule has 1 heterocycles. The van der Waals surface area contributed by atoms with E-state index in [2.05, 4.69) is 17.2 Å². The van der Waals surface area contributed by atoms with Crippen molar-refractivity contribution >= 4 is 23.3 Å². The minimum atomic E-state index is -1.01. The fraction of sp³-hybridized carbons (Fsp3) is 0.615. The molecule has 0 spiro atoms. The molecule has 6 nitrogen and oxygen atoms in total. The van der Waals surface area contributed by atoms with Crippen LogP contribution in [0, 0.1) is 0 Å². The van der Waals surface area contributed by atoms with Gasteiger partial charge >= 0.3 is 12.0 Å². The number of hydrogen-bond acceptors (Lipinski definition) is 4. The molecule has 2 amide bonds. The summed E-state index contributed by atoms with van der Waals surface area (Å²) in [6.45, 7) is 5.94. The van der Waals surface area contributed by atoms with Gasteiger partial charge in [0.25, 0.3) is 0 Å². The summed E-state index contributed by atoms with van der Waals surface area (Å²) >= 11 is 1.56. The Morgan fingerprint density at radius 3 is 2.70 bits per heavy atom. The molecule has 0 bridgehead atoms. The summed E-state index contributed by atoms with van der Waals surface area (Å²) in [5.41, 5.74) is 0. The third kappa shape index (κ3) is 4.80. The lowest BCUT2D eigenvalue weighted by atomic mass is 10.3. The van der Waals surface area contributed by atoms with Crippen LogP contribution >= 0.6 is 11.3 Å². The van der Waals surface area contributed by atoms with Crippen LogP contribution in [0.1, 0.15) is 43.1 Å². The average Bonchev–Trinajstić information content (AvgIpc) is 2.86. The van der Waals surface area contributed by atoms with Crippen LogP contribution in [0.2, 0.25) is 0 Å². The number of carboxylic acids is 1. The monoisotopic (exact) mass is 299 g/mol. The summed E-state index contributed by atoms with van der Waals surface area (Å²) in [7, 11) is 0. The molecule has 0 aliphatic carbocycles. The second kappa shape index (κ2) is 7.84. The van der Waals surface area contributed by atoms with E-state index in [9.17, 15) is 9.59 Å². The van der Waals surface area contributed by atoms with Gasteiger partial charge in [-0.05, 0) is 19.8 Å². The molecular formula is C13H21N3O3S. The van der Waals surface area contributed by atoms with Crippen molar-refractivity contribution in [2.75, 3.05) is 13.1 Å². The number of hydrogen-bond donors (Lipinski definition) is 2. The minimum Gasteiger partial charge on any atom is -0.480 e. The highest BCUT2D eigenvalue weighted by Gasteiger charge is 2.19. The van der Waals surface area contributed by atoms with E-state index in [-0.39, 0.29) is 18.6 Å². The van der Waals surface area contributed by atoms with Crippen LogP contribution < -0.4 is 5.32 Å². The maximum absolute atomic E-state index is 12.1. The topological polar surface area (TPSA) is 82.5 Å². The zero-order chi connectivity index (χ0) is 15.1. The molecule has 0 saturated heterocycles. The maximum Gasteiger partial charge on any atom is 0.323 e. The number of amides is 2. The van der Waals surface area contributed by atoms with E-state index < -0.39 is 5.97 Å². The standard InChI is InChI=1S/C13H21N3O3S/c1-4-6-16(8-11(17)18)13(19)15-9(3)12-14-7-10(5-2)20-12/h7,9H,4-6,8H2,1-3H3,(H,15,19)(H,17,18). The molecule has 2 N–H and O–H groups in total. The van der Waals surface area contributed by atoms with Gasteiger partial charge < -0.3 is 15.3 Å². The number of urea groups is 1. The third-order valence-electron chi connectivity index (χ3n) is 2.74. The van der Waals surface area contributed by atoms with Crippen molar-refractivity contribution in [3.8, 4) is 0 Å². The predicted octanol–water partition coefficient (Wildman–Crippen LogP) is 2.27. The van der Waals surface area contributed by atoms with Crippen molar-refractivity contribution in [3.05, 3.63) is 16.1 Å². The number of carboxylic acid groups (broad SMARTS) is 1. The highest BCUT2D eigenvalue weighted by molar-refractivity contribution is 7.11. The van der Waals surface area contributed by atoms with E-state index in [0.29, 0.717) is 13.0 Å². The molecule has 0 radical (unpaired) electrons. The highest BCUT2D eigenvalue weighted by Crippen LogP contribution is 2.20. The SMILES string of the molecule is CCCN(CC(=O)O)C(=O)NC(C)c1ncc(CC)s1. The average molecular weight is 299 g/mol. The molecule has 0 fully saturated rings. The Bertz CT molecular complexity index is 461. The summed E-state index contributed by atoms with van der Waals surface area (Å²) in [4.78, 5) is 29.5. The molecule has 112 valence electrons. The zero-order valence-electron chi connectivity index (χ0n) is 12.0. The predicted molar refractivity (Wildman–Crippen MR) is 77.9 cm³/mol. The molecule has 1 atom stereocenters. The quantitative estimate of drug-likeness (QED) is 0.809. The number of carbonyl (C=O) groups is 2. The van der Waals surface area contributed by atoms with Gasteiger partial charge in [-0.15, -0.1) is 11.3 Å². The number of carbonyl (C=O) groups excluding carboxylic acids is 1. The summed E-state index contributed by atoms with van der Waals surface area (Å²) in [5, 5.41) is 12.4. The summed E-state index contributed by atoms with van der Waals surface area (Å²) in [5.74, 6) is -1.01. The zero-order valence-corrected chi connectivity index (χ0v) is 12.9. The minimum absolute atomic E-state index is 0.221. The lowest BCUT2D eigenvalue weighted by Crippen LogP contribution is -2.43. The summed E-state index contributed by atoms with van der Waals surface area (Å²) < 4.78 is 0. The van der Waals surface area contributed by atoms with Crippen LogP contribution in [-0.4, -0.2) is 40.1 Å². The van der Waals surface area contributed by atoms with Crippen molar-refractivity contribution in [2.24, 2.45) is 0 Å². The van der Waals surface area contributed by atoms with Crippen LogP contribution in [0.25, 0.3) is 0 Å². The van der Waals surface area contributed by atoms with Gasteiger partial charge in [-0.1, -0.05) is 13.8 Å². The van der Waals surface area contributed by atoms with Crippen LogP contribution in [0.5, 0.6) is 0 Å². The fourth-order valence-corrected chi connectivity index (χ4v) is 2.57. The number of rotatable bonds is 7. The molecule has 0 aliphatic heterocycles. The molecule has 0 aromatic carbocycles. The molecular weight excluding hydrogens is 278 g/mol. The number of nitrogens with one attached hydrogen (secondary N) is 1. The molecule has 20 heavy (non-hydrogen) atoms. The largest absolute Gasteiger partial charge is 0.480 e. The van der Waals surface area contributed by atoms with Crippen LogP contribution in [-0.2, 0) is 11.2 Å². The second-order valence-corrected chi connectivity index (χ2v) is 5.65. The molecule has 1 aromatic rings. The second-order valence-electron chi connectivity index (χ2n) is 4.50. The summed E-state index contributed by atoms with van der Waals surface area (Å²) in [6.07, 6.45) is 3.44. The lowest BCUT2D eigenvalue weighted by Gasteiger charge is -2.22. The first-order valence-electron chi connectivity index (χ1n) is 6.69. The van der Waals surface area contributed by atoms with Gasteiger partial charge in [-0.3, -0.25) is 4.79 Å². The Hall–Kier alpha value is -1.63. The molecule has 0 saturated carbocycles. The number of aryl methyl sites for hydroxylation is 1. The molecule has 1 rings (SSSR count). The normalized spacial score (nSPS) is 11.9.